The first-order valence-corrected chi connectivity index (χ1v) is 13.6. The largest absolute Gasteiger partial charge is 0.448 e. The van der Waals surface area contributed by atoms with Crippen LogP contribution in [-0.4, -0.2) is 69.9 Å². The maximum Gasteiger partial charge on any atom is 0.317 e. The van der Waals surface area contributed by atoms with Gasteiger partial charge in [0.2, 0.25) is 12.2 Å². The van der Waals surface area contributed by atoms with E-state index in [9.17, 15) is 14.0 Å². The molecule has 2 aromatic heterocycles. The molecule has 3 aromatic rings. The van der Waals surface area contributed by atoms with Crippen molar-refractivity contribution in [3.8, 4) is 22.6 Å². The number of hydrogen-bond acceptors (Lipinski definition) is 10. The van der Waals surface area contributed by atoms with Gasteiger partial charge in [-0.15, -0.1) is 0 Å². The van der Waals surface area contributed by atoms with Crippen LogP contribution in [0.4, 0.5) is 10.3 Å². The first-order chi connectivity index (χ1) is 19.7. The Morgan fingerprint density at radius 2 is 1.90 bits per heavy atom. The molecular weight excluding hydrogens is 535 g/mol. The third-order valence-electron chi connectivity index (χ3n) is 7.53. The van der Waals surface area contributed by atoms with Crippen molar-refractivity contribution >= 4 is 17.8 Å². The van der Waals surface area contributed by atoms with Gasteiger partial charge in [0, 0.05) is 37.8 Å². The minimum Gasteiger partial charge on any atom is -0.448 e. The van der Waals surface area contributed by atoms with Gasteiger partial charge < -0.3 is 35.0 Å². The van der Waals surface area contributed by atoms with E-state index in [-0.39, 0.29) is 25.1 Å². The second-order valence-corrected chi connectivity index (χ2v) is 10.9. The number of H-pyrrole nitrogens is 1. The van der Waals surface area contributed by atoms with Crippen molar-refractivity contribution in [2.24, 2.45) is 11.1 Å². The fraction of sp³-hybridized carbons (Fsp3) is 0.464. The summed E-state index contributed by atoms with van der Waals surface area (Å²) < 4.78 is 36.7. The highest BCUT2D eigenvalue weighted by atomic mass is 19.1. The number of carbonyl (C=O) groups excluding carboxylic acids is 2. The van der Waals surface area contributed by atoms with Gasteiger partial charge in [-0.1, -0.05) is 0 Å². The minimum atomic E-state index is -1.23. The number of amides is 1. The van der Waals surface area contributed by atoms with Crippen LogP contribution in [0.3, 0.4) is 0 Å². The van der Waals surface area contributed by atoms with Crippen molar-refractivity contribution in [2.45, 2.75) is 50.6 Å². The van der Waals surface area contributed by atoms with Gasteiger partial charge >= 0.3 is 5.97 Å². The lowest BCUT2D eigenvalue weighted by molar-refractivity contribution is -0.240. The number of aromatic nitrogens is 4. The molecule has 0 radical (unpaired) electrons. The van der Waals surface area contributed by atoms with Gasteiger partial charge in [0.15, 0.2) is 11.4 Å². The number of benzene rings is 1. The predicted molar refractivity (Wildman–Crippen MR) is 142 cm³/mol. The summed E-state index contributed by atoms with van der Waals surface area (Å²) in [5.41, 5.74) is 5.32. The van der Waals surface area contributed by atoms with Crippen LogP contribution in [0.1, 0.15) is 44.7 Å². The molecule has 1 amide bonds. The molecule has 41 heavy (non-hydrogen) atoms. The van der Waals surface area contributed by atoms with Crippen LogP contribution in [-0.2, 0) is 28.5 Å². The number of nitrogens with two attached hydrogens (primary N) is 1. The number of anilines is 1. The molecule has 2 saturated heterocycles. The molecule has 1 aliphatic carbocycles. The first kappa shape index (κ1) is 27.2. The number of aromatic amines is 1. The molecule has 1 saturated carbocycles. The molecule has 0 spiro atoms. The molecule has 6 rings (SSSR count). The summed E-state index contributed by atoms with van der Waals surface area (Å²) >= 11 is 0. The summed E-state index contributed by atoms with van der Waals surface area (Å²) in [6.07, 6.45) is 3.66. The van der Waals surface area contributed by atoms with E-state index in [1.54, 1.807) is 31.3 Å². The fourth-order valence-electron chi connectivity index (χ4n) is 4.80. The lowest BCUT2D eigenvalue weighted by Gasteiger charge is -2.35. The zero-order chi connectivity index (χ0) is 28.6. The number of halogens is 1. The summed E-state index contributed by atoms with van der Waals surface area (Å²) in [6, 6.07) is 7.69. The van der Waals surface area contributed by atoms with Crippen molar-refractivity contribution in [1.82, 2.24) is 19.9 Å². The molecular formula is C28H31FN6O6. The molecule has 12 nitrogen and oxygen atoms in total. The zero-order valence-corrected chi connectivity index (χ0v) is 22.5. The molecule has 4 heterocycles. The van der Waals surface area contributed by atoms with Gasteiger partial charge in [-0.2, -0.15) is 0 Å². The lowest BCUT2D eigenvalue weighted by Crippen LogP contribution is -2.47. The number of imidazole rings is 1. The highest BCUT2D eigenvalue weighted by Crippen LogP contribution is 2.42. The second kappa shape index (κ2) is 10.8. The number of primary amides is 1. The average molecular weight is 567 g/mol. The number of nitrogens with one attached hydrogen (secondary N) is 2. The van der Waals surface area contributed by atoms with E-state index in [4.69, 9.17) is 29.7 Å². The molecule has 4 N–H and O–H groups in total. The van der Waals surface area contributed by atoms with Crippen LogP contribution in [0, 0.1) is 11.2 Å². The number of rotatable bonds is 9. The topological polar surface area (TPSA) is 164 Å². The Hall–Kier alpha value is -3.94. The Bertz CT molecular complexity index is 1430. The maximum absolute atomic E-state index is 13.7. The smallest absolute Gasteiger partial charge is 0.317 e. The van der Waals surface area contributed by atoms with Gasteiger partial charge in [0.1, 0.15) is 11.2 Å². The normalized spacial score (nSPS) is 25.0. The number of esters is 1. The van der Waals surface area contributed by atoms with Crippen molar-refractivity contribution in [3.63, 3.8) is 0 Å². The number of carbonyl (C=O) groups is 2. The molecule has 2 aliphatic heterocycles. The molecule has 3 aliphatic rings. The van der Waals surface area contributed by atoms with Gasteiger partial charge in [0.05, 0.1) is 36.4 Å². The number of hydrogen-bond donors (Lipinski definition) is 3. The summed E-state index contributed by atoms with van der Waals surface area (Å²) in [6.45, 7) is 2.93. The highest BCUT2D eigenvalue weighted by Gasteiger charge is 2.55. The fourth-order valence-corrected chi connectivity index (χ4v) is 4.80. The Morgan fingerprint density at radius 3 is 2.56 bits per heavy atom. The lowest BCUT2D eigenvalue weighted by atomic mass is 9.92. The average Bonchev–Trinajstić information content (AvgIpc) is 3.36. The van der Waals surface area contributed by atoms with Crippen LogP contribution in [0.5, 0.6) is 0 Å². The van der Waals surface area contributed by atoms with Crippen molar-refractivity contribution in [3.05, 3.63) is 48.2 Å². The summed E-state index contributed by atoms with van der Waals surface area (Å²) in [4.78, 5) is 41.5. The molecule has 1 unspecified atom stereocenters. The Morgan fingerprint density at radius 1 is 1.15 bits per heavy atom. The van der Waals surface area contributed by atoms with Gasteiger partial charge in [0.25, 0.3) is 5.91 Å². The van der Waals surface area contributed by atoms with Gasteiger partial charge in [-0.25, -0.2) is 19.3 Å². The van der Waals surface area contributed by atoms with E-state index in [0.29, 0.717) is 53.8 Å². The van der Waals surface area contributed by atoms with Crippen molar-refractivity contribution in [2.75, 3.05) is 31.7 Å². The third-order valence-corrected chi connectivity index (χ3v) is 7.53. The Balaban J connectivity index is 1.22. The Kier molecular flexibility index (Phi) is 7.18. The van der Waals surface area contributed by atoms with Gasteiger partial charge in [-0.3, -0.25) is 9.59 Å². The monoisotopic (exact) mass is 566 g/mol. The number of nitrogens with zero attached hydrogens (tertiary/aromatic N) is 3. The SMILES string of the molecule is CC1(C(=O)OC2(C(N)=O)CC2)COC(c2nc(-c3ccc(F)cc3)c(-c3ccnc(NCC4CCCO4)n3)[nH]2)OC1. The second-order valence-electron chi connectivity index (χ2n) is 10.9. The number of ether oxygens (including phenoxy) is 4. The van der Waals surface area contributed by atoms with E-state index in [1.165, 1.54) is 12.1 Å². The molecule has 216 valence electrons. The van der Waals surface area contributed by atoms with Crippen LogP contribution in [0.15, 0.2) is 36.5 Å². The highest BCUT2D eigenvalue weighted by molar-refractivity contribution is 5.90. The minimum absolute atomic E-state index is 0.0297. The van der Waals surface area contributed by atoms with E-state index in [0.717, 1.165) is 19.4 Å². The first-order valence-electron chi connectivity index (χ1n) is 13.6. The molecule has 0 bridgehead atoms. The molecule has 3 fully saturated rings. The molecule has 13 heteroatoms. The van der Waals surface area contributed by atoms with E-state index in [2.05, 4.69) is 20.3 Å². The predicted octanol–water partition coefficient (Wildman–Crippen LogP) is 2.88. The van der Waals surface area contributed by atoms with Gasteiger partial charge in [-0.05, 0) is 50.1 Å². The van der Waals surface area contributed by atoms with E-state index < -0.39 is 29.2 Å². The van der Waals surface area contributed by atoms with Crippen molar-refractivity contribution < 1.29 is 32.9 Å². The summed E-state index contributed by atoms with van der Waals surface area (Å²) in [5.74, 6) is -0.857. The summed E-state index contributed by atoms with van der Waals surface area (Å²) in [7, 11) is 0. The standard InChI is InChI=1S/C28H31FN6O6/c1-27(25(37)41-28(9-10-28)24(30)36)14-39-23(40-15-27)22-34-20(16-4-6-17(29)7-5-16)21(35-22)19-8-11-31-26(33-19)32-13-18-3-2-12-38-18/h4-8,11,18,23H,2-3,9-10,12-15H2,1H3,(H2,30,36)(H,34,35)(H,31,32,33). The quantitative estimate of drug-likeness (QED) is 0.328. The maximum atomic E-state index is 13.7. The van der Waals surface area contributed by atoms with Crippen LogP contribution in [0.25, 0.3) is 22.6 Å². The zero-order valence-electron chi connectivity index (χ0n) is 22.5. The van der Waals surface area contributed by atoms with Crippen molar-refractivity contribution in [1.29, 1.82) is 0 Å². The summed E-state index contributed by atoms with van der Waals surface area (Å²) in [5, 5.41) is 3.23. The third kappa shape index (κ3) is 5.65. The van der Waals surface area contributed by atoms with E-state index in [1.807, 2.05) is 0 Å². The Labute approximate surface area is 235 Å². The molecule has 1 aromatic carbocycles. The van der Waals surface area contributed by atoms with Crippen LogP contribution in [0.2, 0.25) is 0 Å². The molecule has 1 atom stereocenters. The van der Waals surface area contributed by atoms with Crippen LogP contribution < -0.4 is 11.1 Å². The van der Waals surface area contributed by atoms with Crippen LogP contribution >= 0.6 is 0 Å². The van der Waals surface area contributed by atoms with E-state index >= 15 is 0 Å².